The van der Waals surface area contributed by atoms with Crippen LogP contribution < -0.4 is 11.5 Å². The largest absolute Gasteiger partial charge is 0.397 e. The maximum absolute atomic E-state index is 12.8. The van der Waals surface area contributed by atoms with E-state index in [4.69, 9.17) is 11.5 Å². The van der Waals surface area contributed by atoms with Gasteiger partial charge in [-0.3, -0.25) is 4.79 Å². The Balaban J connectivity index is 2.32. The Bertz CT molecular complexity index is 662. The van der Waals surface area contributed by atoms with E-state index in [0.717, 1.165) is 5.56 Å². The number of piperidine rings is 1. The minimum absolute atomic E-state index is 0.181. The zero-order valence-corrected chi connectivity index (χ0v) is 13.1. The van der Waals surface area contributed by atoms with Gasteiger partial charge in [-0.05, 0) is 37.8 Å². The zero-order valence-electron chi connectivity index (χ0n) is 12.3. The fraction of sp³-hybridized carbons (Fsp3) is 0.500. The van der Waals surface area contributed by atoms with Gasteiger partial charge < -0.3 is 11.5 Å². The second-order valence-electron chi connectivity index (χ2n) is 5.52. The molecule has 0 unspecified atom stereocenters. The van der Waals surface area contributed by atoms with Crippen LogP contribution in [0.1, 0.15) is 24.0 Å². The number of anilines is 1. The predicted molar refractivity (Wildman–Crippen MR) is 81.0 cm³/mol. The number of nitrogen functional groups attached to an aromatic ring is 1. The fourth-order valence-electron chi connectivity index (χ4n) is 2.66. The van der Waals surface area contributed by atoms with Crippen LogP contribution in [-0.2, 0) is 14.8 Å². The maximum Gasteiger partial charge on any atom is 0.245 e. The topological polar surface area (TPSA) is 106 Å². The van der Waals surface area contributed by atoms with E-state index in [1.807, 2.05) is 6.07 Å². The summed E-state index contributed by atoms with van der Waals surface area (Å²) in [7, 11) is -3.64. The van der Waals surface area contributed by atoms with Gasteiger partial charge in [-0.1, -0.05) is 12.1 Å². The molecule has 0 aliphatic carbocycles. The summed E-state index contributed by atoms with van der Waals surface area (Å²) in [6.07, 6.45) is 0.915. The SMILES string of the molecule is Cc1ccc(C)c(S(=O)(=O)N2CCC(C(N)=O)CC2)c1N. The second kappa shape index (κ2) is 5.65. The predicted octanol–water partition coefficient (Wildman–Crippen LogP) is 0.772. The van der Waals surface area contributed by atoms with Crippen molar-refractivity contribution >= 4 is 21.6 Å². The molecule has 2 rings (SSSR count). The molecule has 1 amide bonds. The minimum Gasteiger partial charge on any atom is -0.397 e. The summed E-state index contributed by atoms with van der Waals surface area (Å²) in [5.41, 5.74) is 12.9. The molecule has 1 aliphatic rings. The van der Waals surface area contributed by atoms with Gasteiger partial charge in [-0.25, -0.2) is 8.42 Å². The molecule has 1 aromatic rings. The molecule has 0 aromatic heterocycles. The molecule has 0 bridgehead atoms. The van der Waals surface area contributed by atoms with Gasteiger partial charge in [0.2, 0.25) is 15.9 Å². The molecule has 1 saturated heterocycles. The van der Waals surface area contributed by atoms with Gasteiger partial charge in [0.05, 0.1) is 5.69 Å². The number of amides is 1. The van der Waals surface area contributed by atoms with Crippen LogP contribution in [0.3, 0.4) is 0 Å². The van der Waals surface area contributed by atoms with Crippen molar-refractivity contribution < 1.29 is 13.2 Å². The van der Waals surface area contributed by atoms with Crippen molar-refractivity contribution in [2.75, 3.05) is 18.8 Å². The fourth-order valence-corrected chi connectivity index (χ4v) is 4.52. The Morgan fingerprint density at radius 1 is 1.19 bits per heavy atom. The van der Waals surface area contributed by atoms with Gasteiger partial charge in [-0.15, -0.1) is 0 Å². The molecule has 0 atom stereocenters. The molecule has 0 radical (unpaired) electrons. The number of nitrogens with zero attached hydrogens (tertiary/aromatic N) is 1. The molecule has 116 valence electrons. The van der Waals surface area contributed by atoms with Crippen molar-refractivity contribution in [2.24, 2.45) is 11.7 Å². The number of primary amides is 1. The van der Waals surface area contributed by atoms with Gasteiger partial charge in [-0.2, -0.15) is 4.31 Å². The van der Waals surface area contributed by atoms with Crippen molar-refractivity contribution in [1.82, 2.24) is 4.31 Å². The third kappa shape index (κ3) is 2.89. The quantitative estimate of drug-likeness (QED) is 0.804. The molecular formula is C14H21N3O3S. The average Bonchev–Trinajstić information content (AvgIpc) is 2.43. The van der Waals surface area contributed by atoms with Gasteiger partial charge in [0.1, 0.15) is 4.90 Å². The van der Waals surface area contributed by atoms with Crippen molar-refractivity contribution in [3.63, 3.8) is 0 Å². The van der Waals surface area contributed by atoms with Crippen LogP contribution in [0.15, 0.2) is 17.0 Å². The number of carbonyl (C=O) groups excluding carboxylic acids is 1. The van der Waals surface area contributed by atoms with Crippen LogP contribution in [-0.4, -0.2) is 31.7 Å². The lowest BCUT2D eigenvalue weighted by atomic mass is 9.98. The molecule has 0 spiro atoms. The number of rotatable bonds is 3. The highest BCUT2D eigenvalue weighted by molar-refractivity contribution is 7.89. The summed E-state index contributed by atoms with van der Waals surface area (Å²) in [5.74, 6) is -0.606. The van der Waals surface area contributed by atoms with E-state index in [9.17, 15) is 13.2 Å². The van der Waals surface area contributed by atoms with E-state index in [1.54, 1.807) is 19.9 Å². The molecule has 1 fully saturated rings. The monoisotopic (exact) mass is 311 g/mol. The first-order valence-electron chi connectivity index (χ1n) is 6.90. The number of benzene rings is 1. The lowest BCUT2D eigenvalue weighted by molar-refractivity contribution is -0.122. The molecule has 4 N–H and O–H groups in total. The molecule has 6 nitrogen and oxygen atoms in total. The number of aryl methyl sites for hydroxylation is 2. The normalized spacial score (nSPS) is 17.8. The van der Waals surface area contributed by atoms with Crippen molar-refractivity contribution in [3.05, 3.63) is 23.3 Å². The Morgan fingerprint density at radius 3 is 2.24 bits per heavy atom. The molecule has 1 aromatic carbocycles. The van der Waals surface area contributed by atoms with Crippen LogP contribution in [0.5, 0.6) is 0 Å². The number of sulfonamides is 1. The minimum atomic E-state index is -3.64. The lowest BCUT2D eigenvalue weighted by Gasteiger charge is -2.30. The average molecular weight is 311 g/mol. The Hall–Kier alpha value is -1.60. The Kier molecular flexibility index (Phi) is 4.25. The maximum atomic E-state index is 12.8. The van der Waals surface area contributed by atoms with Gasteiger partial charge in [0.15, 0.2) is 0 Å². The first-order valence-corrected chi connectivity index (χ1v) is 8.34. The highest BCUT2D eigenvalue weighted by Gasteiger charge is 2.33. The third-order valence-corrected chi connectivity index (χ3v) is 6.17. The zero-order chi connectivity index (χ0) is 15.8. The highest BCUT2D eigenvalue weighted by Crippen LogP contribution is 2.31. The standard InChI is InChI=1S/C14H21N3O3S/c1-9-3-4-10(2)13(12(9)15)21(19,20)17-7-5-11(6-8-17)14(16)18/h3-4,11H,5-8,15H2,1-2H3,(H2,16,18). The lowest BCUT2D eigenvalue weighted by Crippen LogP contribution is -2.42. The summed E-state index contributed by atoms with van der Waals surface area (Å²) in [6, 6.07) is 3.57. The van der Waals surface area contributed by atoms with Gasteiger partial charge in [0, 0.05) is 19.0 Å². The van der Waals surface area contributed by atoms with E-state index >= 15 is 0 Å². The Morgan fingerprint density at radius 2 is 1.71 bits per heavy atom. The molecule has 0 saturated carbocycles. The number of carbonyl (C=O) groups is 1. The first kappa shape index (κ1) is 15.8. The first-order chi connectivity index (χ1) is 9.75. The summed E-state index contributed by atoms with van der Waals surface area (Å²) in [5, 5.41) is 0. The Labute approximate surface area is 125 Å². The smallest absolute Gasteiger partial charge is 0.245 e. The summed E-state index contributed by atoms with van der Waals surface area (Å²) in [6.45, 7) is 4.11. The van der Waals surface area contributed by atoms with E-state index in [-0.39, 0.29) is 16.7 Å². The van der Waals surface area contributed by atoms with Crippen molar-refractivity contribution in [2.45, 2.75) is 31.6 Å². The number of nitrogens with two attached hydrogens (primary N) is 2. The van der Waals surface area contributed by atoms with Crippen molar-refractivity contribution in [1.29, 1.82) is 0 Å². The van der Waals surface area contributed by atoms with Gasteiger partial charge in [0.25, 0.3) is 0 Å². The third-order valence-electron chi connectivity index (χ3n) is 4.07. The second-order valence-corrected chi connectivity index (χ2v) is 7.40. The molecule has 1 heterocycles. The van der Waals surface area contributed by atoms with E-state index in [0.29, 0.717) is 37.2 Å². The van der Waals surface area contributed by atoms with E-state index in [1.165, 1.54) is 4.31 Å². The highest BCUT2D eigenvalue weighted by atomic mass is 32.2. The summed E-state index contributed by atoms with van der Waals surface area (Å²) in [4.78, 5) is 11.3. The van der Waals surface area contributed by atoms with Crippen LogP contribution >= 0.6 is 0 Å². The van der Waals surface area contributed by atoms with Crippen LogP contribution in [0.2, 0.25) is 0 Å². The van der Waals surface area contributed by atoms with E-state index < -0.39 is 10.0 Å². The molecule has 7 heteroatoms. The number of hydrogen-bond donors (Lipinski definition) is 2. The van der Waals surface area contributed by atoms with Crippen LogP contribution in [0, 0.1) is 19.8 Å². The molecule has 21 heavy (non-hydrogen) atoms. The summed E-state index contributed by atoms with van der Waals surface area (Å²) >= 11 is 0. The summed E-state index contributed by atoms with van der Waals surface area (Å²) < 4.78 is 27.0. The van der Waals surface area contributed by atoms with Gasteiger partial charge >= 0.3 is 0 Å². The number of hydrogen-bond acceptors (Lipinski definition) is 4. The van der Waals surface area contributed by atoms with Crippen molar-refractivity contribution in [3.8, 4) is 0 Å². The van der Waals surface area contributed by atoms with E-state index in [2.05, 4.69) is 0 Å². The molecular weight excluding hydrogens is 290 g/mol. The molecule has 1 aliphatic heterocycles. The van der Waals surface area contributed by atoms with Crippen LogP contribution in [0.25, 0.3) is 0 Å². The van der Waals surface area contributed by atoms with Crippen LogP contribution in [0.4, 0.5) is 5.69 Å².